The Hall–Kier alpha value is -1.59. The average molecular weight is 268 g/mol. The lowest BCUT2D eigenvalue weighted by Gasteiger charge is -2.36. The highest BCUT2D eigenvalue weighted by Crippen LogP contribution is 2.31. The van der Waals surface area contributed by atoms with Crippen molar-refractivity contribution in [2.45, 2.75) is 24.8 Å². The van der Waals surface area contributed by atoms with Crippen molar-refractivity contribution in [1.29, 1.82) is 0 Å². The molecule has 0 spiro atoms. The van der Waals surface area contributed by atoms with Gasteiger partial charge < -0.3 is 16.8 Å². The predicted molar refractivity (Wildman–Crippen MR) is 69.4 cm³/mol. The number of rotatable bonds is 3. The van der Waals surface area contributed by atoms with Crippen molar-refractivity contribution in [2.24, 2.45) is 11.5 Å². The van der Waals surface area contributed by atoms with E-state index in [-0.39, 0.29) is 11.5 Å². The number of nitrogens with two attached hydrogens (primary N) is 2. The van der Waals surface area contributed by atoms with Gasteiger partial charge in [0.25, 0.3) is 0 Å². The number of nitrogens with one attached hydrogen (secondary N) is 1. The van der Waals surface area contributed by atoms with Crippen molar-refractivity contribution in [3.63, 3.8) is 0 Å². The molecule has 0 unspecified atom stereocenters. The van der Waals surface area contributed by atoms with Gasteiger partial charge in [0.2, 0.25) is 11.8 Å². The van der Waals surface area contributed by atoms with E-state index >= 15 is 0 Å². The maximum absolute atomic E-state index is 11.9. The van der Waals surface area contributed by atoms with Crippen LogP contribution in [0.4, 0.5) is 5.69 Å². The van der Waals surface area contributed by atoms with Crippen molar-refractivity contribution >= 4 is 29.1 Å². The fourth-order valence-electron chi connectivity index (χ4n) is 1.81. The third-order valence-electron chi connectivity index (χ3n) is 3.20. The van der Waals surface area contributed by atoms with Crippen LogP contribution in [0.1, 0.15) is 29.6 Å². The Balaban J connectivity index is 2.20. The molecular formula is C12H14ClN3O2. The first-order chi connectivity index (χ1) is 8.42. The Morgan fingerprint density at radius 2 is 2.00 bits per heavy atom. The first kappa shape index (κ1) is 12.9. The zero-order valence-corrected chi connectivity index (χ0v) is 10.5. The summed E-state index contributed by atoms with van der Waals surface area (Å²) in [6.45, 7) is 0. The molecule has 0 aliphatic heterocycles. The number of benzene rings is 1. The van der Waals surface area contributed by atoms with Crippen molar-refractivity contribution in [1.82, 2.24) is 0 Å². The second kappa shape index (κ2) is 4.59. The third kappa shape index (κ3) is 2.32. The summed E-state index contributed by atoms with van der Waals surface area (Å²) in [7, 11) is 0. The van der Waals surface area contributed by atoms with E-state index in [4.69, 9.17) is 23.1 Å². The Bertz CT molecular complexity index is 512. The van der Waals surface area contributed by atoms with E-state index < -0.39 is 11.4 Å². The molecule has 0 bridgehead atoms. The van der Waals surface area contributed by atoms with Crippen LogP contribution in [0.25, 0.3) is 0 Å². The van der Waals surface area contributed by atoms with Gasteiger partial charge in [0.05, 0.1) is 16.2 Å². The molecule has 5 nitrogen and oxygen atoms in total. The fraction of sp³-hybridized carbons (Fsp3) is 0.333. The summed E-state index contributed by atoms with van der Waals surface area (Å²) < 4.78 is 0. The number of anilines is 1. The quantitative estimate of drug-likeness (QED) is 0.769. The smallest absolute Gasteiger partial charge is 0.248 e. The number of hydrogen-bond donors (Lipinski definition) is 3. The van der Waals surface area contributed by atoms with E-state index in [1.54, 1.807) is 0 Å². The largest absolute Gasteiger partial charge is 0.366 e. The molecule has 1 aromatic rings. The molecule has 5 N–H and O–H groups in total. The fourth-order valence-corrected chi connectivity index (χ4v) is 1.97. The Morgan fingerprint density at radius 1 is 1.33 bits per heavy atom. The van der Waals surface area contributed by atoms with E-state index in [1.165, 1.54) is 18.2 Å². The number of amides is 2. The number of carbonyl (C=O) groups is 2. The molecule has 1 aromatic carbocycles. The number of primary amides is 1. The minimum atomic E-state index is -0.813. The van der Waals surface area contributed by atoms with Crippen molar-refractivity contribution in [3.05, 3.63) is 28.8 Å². The normalized spacial score (nSPS) is 16.8. The van der Waals surface area contributed by atoms with Crippen LogP contribution in [0.3, 0.4) is 0 Å². The van der Waals surface area contributed by atoms with Gasteiger partial charge in [-0.25, -0.2) is 0 Å². The Kier molecular flexibility index (Phi) is 3.28. The minimum Gasteiger partial charge on any atom is -0.366 e. The maximum Gasteiger partial charge on any atom is 0.248 e. The van der Waals surface area contributed by atoms with Crippen LogP contribution in [0.5, 0.6) is 0 Å². The standard InChI is InChI=1S/C12H14ClN3O2/c13-8-3-2-7(10(14)17)6-9(8)16-11(18)12(15)4-1-5-12/h2-3,6H,1,4-5,15H2,(H2,14,17)(H,16,18). The molecule has 0 saturated heterocycles. The van der Waals surface area contributed by atoms with Crippen LogP contribution in [0.2, 0.25) is 5.02 Å². The predicted octanol–water partition coefficient (Wildman–Crippen LogP) is 1.26. The van der Waals surface area contributed by atoms with Crippen LogP contribution < -0.4 is 16.8 Å². The molecule has 0 heterocycles. The average Bonchev–Trinajstić information content (AvgIpc) is 2.28. The molecule has 18 heavy (non-hydrogen) atoms. The van der Waals surface area contributed by atoms with Gasteiger partial charge in [-0.2, -0.15) is 0 Å². The van der Waals surface area contributed by atoms with E-state index in [0.717, 1.165) is 6.42 Å². The van der Waals surface area contributed by atoms with Crippen molar-refractivity contribution < 1.29 is 9.59 Å². The monoisotopic (exact) mass is 267 g/mol. The van der Waals surface area contributed by atoms with Crippen LogP contribution in [0.15, 0.2) is 18.2 Å². The van der Waals surface area contributed by atoms with Gasteiger partial charge in [-0.1, -0.05) is 11.6 Å². The zero-order valence-electron chi connectivity index (χ0n) is 9.70. The molecule has 2 rings (SSSR count). The van der Waals surface area contributed by atoms with Gasteiger partial charge in [0.1, 0.15) is 0 Å². The summed E-state index contributed by atoms with van der Waals surface area (Å²) >= 11 is 5.95. The van der Waals surface area contributed by atoms with Gasteiger partial charge in [-0.05, 0) is 37.5 Å². The lowest BCUT2D eigenvalue weighted by molar-refractivity contribution is -0.123. The molecule has 2 amide bonds. The highest BCUT2D eigenvalue weighted by atomic mass is 35.5. The molecule has 1 fully saturated rings. The van der Waals surface area contributed by atoms with Crippen LogP contribution in [-0.2, 0) is 4.79 Å². The second-order valence-corrected chi connectivity index (χ2v) is 4.93. The van der Waals surface area contributed by atoms with Crippen LogP contribution in [0, 0.1) is 0 Å². The molecule has 6 heteroatoms. The van der Waals surface area contributed by atoms with E-state index in [1.807, 2.05) is 0 Å². The summed E-state index contributed by atoms with van der Waals surface area (Å²) in [5, 5.41) is 2.99. The highest BCUT2D eigenvalue weighted by Gasteiger charge is 2.40. The first-order valence-electron chi connectivity index (χ1n) is 5.62. The summed E-state index contributed by atoms with van der Waals surface area (Å²) in [6.07, 6.45) is 2.26. The van der Waals surface area contributed by atoms with Gasteiger partial charge in [0, 0.05) is 5.56 Å². The summed E-state index contributed by atoms with van der Waals surface area (Å²) in [5.74, 6) is -0.856. The minimum absolute atomic E-state index is 0.280. The summed E-state index contributed by atoms with van der Waals surface area (Å²) in [4.78, 5) is 23.0. The number of halogens is 1. The Morgan fingerprint density at radius 3 is 2.50 bits per heavy atom. The van der Waals surface area contributed by atoms with Crippen molar-refractivity contribution in [2.75, 3.05) is 5.32 Å². The van der Waals surface area contributed by atoms with Crippen LogP contribution >= 0.6 is 11.6 Å². The van der Waals surface area contributed by atoms with Gasteiger partial charge in [-0.3, -0.25) is 9.59 Å². The third-order valence-corrected chi connectivity index (χ3v) is 3.53. The molecule has 96 valence electrons. The topological polar surface area (TPSA) is 98.2 Å². The molecule has 0 atom stereocenters. The SMILES string of the molecule is NC(=O)c1ccc(Cl)c(NC(=O)C2(N)CCC2)c1. The van der Waals surface area contributed by atoms with Crippen molar-refractivity contribution in [3.8, 4) is 0 Å². The van der Waals surface area contributed by atoms with Gasteiger partial charge >= 0.3 is 0 Å². The van der Waals surface area contributed by atoms with Crippen LogP contribution in [-0.4, -0.2) is 17.4 Å². The second-order valence-electron chi connectivity index (χ2n) is 4.52. The highest BCUT2D eigenvalue weighted by molar-refractivity contribution is 6.34. The van der Waals surface area contributed by atoms with Gasteiger partial charge in [-0.15, -0.1) is 0 Å². The van der Waals surface area contributed by atoms with E-state index in [9.17, 15) is 9.59 Å². The first-order valence-corrected chi connectivity index (χ1v) is 6.00. The molecule has 0 aromatic heterocycles. The van der Waals surface area contributed by atoms with E-state index in [2.05, 4.69) is 5.32 Å². The van der Waals surface area contributed by atoms with E-state index in [0.29, 0.717) is 23.6 Å². The maximum atomic E-state index is 11.9. The molecule has 1 aliphatic carbocycles. The zero-order chi connectivity index (χ0) is 13.3. The molecule has 1 saturated carbocycles. The number of carbonyl (C=O) groups excluding carboxylic acids is 2. The molecule has 1 aliphatic rings. The molecule has 0 radical (unpaired) electrons. The summed E-state index contributed by atoms with van der Waals surface area (Å²) in [6, 6.07) is 4.47. The van der Waals surface area contributed by atoms with Gasteiger partial charge in [0.15, 0.2) is 0 Å². The lowest BCUT2D eigenvalue weighted by Crippen LogP contribution is -2.56. The molecular weight excluding hydrogens is 254 g/mol. The lowest BCUT2D eigenvalue weighted by atomic mass is 9.77. The number of hydrogen-bond acceptors (Lipinski definition) is 3. The Labute approximate surface area is 109 Å². The summed E-state index contributed by atoms with van der Waals surface area (Å²) in [5.41, 5.74) is 10.9.